The summed E-state index contributed by atoms with van der Waals surface area (Å²) in [5, 5.41) is 2.21. The van der Waals surface area contributed by atoms with Crippen LogP contribution in [0.2, 0.25) is 0 Å². The van der Waals surface area contributed by atoms with Gasteiger partial charge in [0.05, 0.1) is 12.5 Å². The van der Waals surface area contributed by atoms with Gasteiger partial charge in [-0.1, -0.05) is 25.1 Å². The maximum atomic E-state index is 12.2. The van der Waals surface area contributed by atoms with Crippen LogP contribution >= 0.6 is 0 Å². The Labute approximate surface area is 132 Å². The largest absolute Gasteiger partial charge is 0.497 e. The van der Waals surface area contributed by atoms with Gasteiger partial charge in [0.15, 0.2) is 0 Å². The van der Waals surface area contributed by atoms with Crippen molar-refractivity contribution >= 4 is 16.7 Å². The van der Waals surface area contributed by atoms with Crippen LogP contribution in [0.1, 0.15) is 45.8 Å². The Morgan fingerprint density at radius 1 is 1.14 bits per heavy atom. The van der Waals surface area contributed by atoms with Gasteiger partial charge in [-0.15, -0.1) is 0 Å². The zero-order valence-corrected chi connectivity index (χ0v) is 14.0. The third-order valence-electron chi connectivity index (χ3n) is 4.26. The number of carbonyl (C=O) groups is 1. The SMILES string of the molecule is CCC(C)(C)C(=O)OC(C)c1ccc2cc(OC)ccc2c1. The first-order valence-electron chi connectivity index (χ1n) is 7.66. The van der Waals surface area contributed by atoms with E-state index in [-0.39, 0.29) is 12.1 Å². The highest BCUT2D eigenvalue weighted by Gasteiger charge is 2.28. The molecule has 0 saturated heterocycles. The van der Waals surface area contributed by atoms with E-state index in [1.54, 1.807) is 7.11 Å². The quantitative estimate of drug-likeness (QED) is 0.738. The Balaban J connectivity index is 2.22. The standard InChI is InChI=1S/C19H24O3/c1-6-19(3,4)18(20)22-13(2)14-7-8-16-12-17(21-5)10-9-15(16)11-14/h7-13H,6H2,1-5H3. The lowest BCUT2D eigenvalue weighted by molar-refractivity contribution is -0.159. The molecule has 0 aliphatic heterocycles. The van der Waals surface area contributed by atoms with Gasteiger partial charge in [-0.05, 0) is 61.7 Å². The summed E-state index contributed by atoms with van der Waals surface area (Å²) >= 11 is 0. The average Bonchev–Trinajstić information content (AvgIpc) is 2.53. The summed E-state index contributed by atoms with van der Waals surface area (Å²) in [5.41, 5.74) is 0.552. The molecular formula is C19H24O3. The Kier molecular flexibility index (Phi) is 4.74. The van der Waals surface area contributed by atoms with Gasteiger partial charge in [0.25, 0.3) is 0 Å². The molecule has 1 atom stereocenters. The molecule has 118 valence electrons. The van der Waals surface area contributed by atoms with E-state index in [1.807, 2.05) is 58.0 Å². The van der Waals surface area contributed by atoms with E-state index in [0.717, 1.165) is 28.5 Å². The Bertz CT molecular complexity index is 673. The van der Waals surface area contributed by atoms with E-state index < -0.39 is 5.41 Å². The van der Waals surface area contributed by atoms with Gasteiger partial charge in [-0.25, -0.2) is 0 Å². The molecule has 1 unspecified atom stereocenters. The van der Waals surface area contributed by atoms with Crippen LogP contribution in [0, 0.1) is 5.41 Å². The van der Waals surface area contributed by atoms with Crippen molar-refractivity contribution in [1.29, 1.82) is 0 Å². The van der Waals surface area contributed by atoms with Crippen molar-refractivity contribution in [2.24, 2.45) is 5.41 Å². The molecule has 2 aromatic carbocycles. The molecule has 0 heterocycles. The fourth-order valence-electron chi connectivity index (χ4n) is 2.15. The maximum absolute atomic E-state index is 12.2. The van der Waals surface area contributed by atoms with E-state index in [2.05, 4.69) is 6.07 Å². The van der Waals surface area contributed by atoms with Crippen LogP contribution in [0.25, 0.3) is 10.8 Å². The van der Waals surface area contributed by atoms with E-state index >= 15 is 0 Å². The fourth-order valence-corrected chi connectivity index (χ4v) is 2.15. The number of hydrogen-bond donors (Lipinski definition) is 0. The maximum Gasteiger partial charge on any atom is 0.312 e. The van der Waals surface area contributed by atoms with Crippen molar-refractivity contribution < 1.29 is 14.3 Å². The number of hydrogen-bond acceptors (Lipinski definition) is 3. The minimum atomic E-state index is -0.446. The Morgan fingerprint density at radius 3 is 2.41 bits per heavy atom. The molecule has 0 aliphatic carbocycles. The highest BCUT2D eigenvalue weighted by Crippen LogP contribution is 2.29. The van der Waals surface area contributed by atoms with Crippen molar-refractivity contribution in [1.82, 2.24) is 0 Å². The lowest BCUT2D eigenvalue weighted by atomic mass is 9.90. The lowest BCUT2D eigenvalue weighted by Crippen LogP contribution is -2.26. The molecule has 0 N–H and O–H groups in total. The van der Waals surface area contributed by atoms with Crippen molar-refractivity contribution in [3.8, 4) is 5.75 Å². The summed E-state index contributed by atoms with van der Waals surface area (Å²) in [7, 11) is 1.66. The summed E-state index contributed by atoms with van der Waals surface area (Å²) < 4.78 is 10.9. The van der Waals surface area contributed by atoms with Crippen molar-refractivity contribution in [2.45, 2.75) is 40.2 Å². The molecule has 2 aromatic rings. The zero-order valence-electron chi connectivity index (χ0n) is 14.0. The van der Waals surface area contributed by atoms with Crippen LogP contribution in [0.3, 0.4) is 0 Å². The predicted octanol–water partition coefficient (Wildman–Crippen LogP) is 4.89. The third kappa shape index (κ3) is 3.41. The van der Waals surface area contributed by atoms with E-state index in [1.165, 1.54) is 0 Å². The first-order chi connectivity index (χ1) is 10.4. The number of esters is 1. The monoisotopic (exact) mass is 300 g/mol. The number of benzene rings is 2. The van der Waals surface area contributed by atoms with Crippen LogP contribution in [0.15, 0.2) is 36.4 Å². The number of methoxy groups -OCH3 is 1. The van der Waals surface area contributed by atoms with Gasteiger partial charge in [0.2, 0.25) is 0 Å². The molecule has 22 heavy (non-hydrogen) atoms. The number of carbonyl (C=O) groups excluding carboxylic acids is 1. The third-order valence-corrected chi connectivity index (χ3v) is 4.26. The number of fused-ring (bicyclic) bond motifs is 1. The van der Waals surface area contributed by atoms with Gasteiger partial charge in [-0.3, -0.25) is 4.79 Å². The van der Waals surface area contributed by atoms with E-state index in [0.29, 0.717) is 0 Å². The molecule has 0 radical (unpaired) electrons. The molecule has 0 aromatic heterocycles. The molecule has 0 amide bonds. The highest BCUT2D eigenvalue weighted by atomic mass is 16.5. The Hall–Kier alpha value is -2.03. The molecule has 0 aliphatic rings. The summed E-state index contributed by atoms with van der Waals surface area (Å²) in [4.78, 5) is 12.2. The van der Waals surface area contributed by atoms with Crippen LogP contribution in [0.4, 0.5) is 0 Å². The number of ether oxygens (including phenoxy) is 2. The normalized spacial score (nSPS) is 13.0. The average molecular weight is 300 g/mol. The molecule has 0 bridgehead atoms. The van der Waals surface area contributed by atoms with Gasteiger partial charge in [-0.2, -0.15) is 0 Å². The van der Waals surface area contributed by atoms with Gasteiger partial charge < -0.3 is 9.47 Å². The predicted molar refractivity (Wildman–Crippen MR) is 89.1 cm³/mol. The summed E-state index contributed by atoms with van der Waals surface area (Å²) in [6.07, 6.45) is 0.501. The topological polar surface area (TPSA) is 35.5 Å². The Morgan fingerprint density at radius 2 is 1.77 bits per heavy atom. The van der Waals surface area contributed by atoms with Gasteiger partial charge in [0.1, 0.15) is 11.9 Å². The lowest BCUT2D eigenvalue weighted by Gasteiger charge is -2.23. The summed E-state index contributed by atoms with van der Waals surface area (Å²) in [6, 6.07) is 12.0. The summed E-state index contributed by atoms with van der Waals surface area (Å²) in [6.45, 7) is 7.73. The molecule has 0 fully saturated rings. The van der Waals surface area contributed by atoms with Crippen LogP contribution < -0.4 is 4.74 Å². The second-order valence-corrected chi connectivity index (χ2v) is 6.26. The van der Waals surface area contributed by atoms with Crippen LogP contribution in [-0.2, 0) is 9.53 Å². The molecule has 3 heteroatoms. The summed E-state index contributed by atoms with van der Waals surface area (Å²) in [5.74, 6) is 0.682. The minimum absolute atomic E-state index is 0.155. The van der Waals surface area contributed by atoms with Crippen molar-refractivity contribution in [2.75, 3.05) is 7.11 Å². The van der Waals surface area contributed by atoms with E-state index in [9.17, 15) is 4.79 Å². The smallest absolute Gasteiger partial charge is 0.312 e. The van der Waals surface area contributed by atoms with E-state index in [4.69, 9.17) is 9.47 Å². The first kappa shape index (κ1) is 16.3. The molecule has 3 nitrogen and oxygen atoms in total. The molecular weight excluding hydrogens is 276 g/mol. The molecule has 0 spiro atoms. The second kappa shape index (κ2) is 6.39. The second-order valence-electron chi connectivity index (χ2n) is 6.26. The van der Waals surface area contributed by atoms with Crippen molar-refractivity contribution in [3.05, 3.63) is 42.0 Å². The highest BCUT2D eigenvalue weighted by molar-refractivity contribution is 5.84. The fraction of sp³-hybridized carbons (Fsp3) is 0.421. The molecule has 0 saturated carbocycles. The zero-order chi connectivity index (χ0) is 16.3. The molecule has 2 rings (SSSR count). The first-order valence-corrected chi connectivity index (χ1v) is 7.66. The van der Waals surface area contributed by atoms with Gasteiger partial charge >= 0.3 is 5.97 Å². The van der Waals surface area contributed by atoms with Crippen LogP contribution in [-0.4, -0.2) is 13.1 Å². The van der Waals surface area contributed by atoms with Crippen molar-refractivity contribution in [3.63, 3.8) is 0 Å². The number of rotatable bonds is 5. The van der Waals surface area contributed by atoms with Gasteiger partial charge in [0, 0.05) is 0 Å². The minimum Gasteiger partial charge on any atom is -0.497 e. The van der Waals surface area contributed by atoms with Crippen LogP contribution in [0.5, 0.6) is 5.75 Å².